The number of nitrogens with one attached hydrogen (secondary N) is 1. The van der Waals surface area contributed by atoms with Gasteiger partial charge < -0.3 is 10.4 Å². The van der Waals surface area contributed by atoms with Gasteiger partial charge in [0.15, 0.2) is 0 Å². The van der Waals surface area contributed by atoms with Crippen molar-refractivity contribution in [2.24, 2.45) is 0 Å². The first-order valence-corrected chi connectivity index (χ1v) is 5.07. The maximum absolute atomic E-state index is 11.9. The Morgan fingerprint density at radius 1 is 1.00 bits per heavy atom. The Labute approximate surface area is 102 Å². The van der Waals surface area contributed by atoms with Crippen molar-refractivity contribution in [1.29, 1.82) is 0 Å². The first-order chi connectivity index (χ1) is 8.68. The molecule has 0 unspecified atom stereocenters. The van der Waals surface area contributed by atoms with Crippen LogP contribution >= 0.6 is 0 Å². The predicted octanol–water partition coefficient (Wildman–Crippen LogP) is 1.43. The number of hydrogen-bond acceptors (Lipinski definition) is 4. The van der Waals surface area contributed by atoms with Crippen molar-refractivity contribution in [2.75, 3.05) is 5.32 Å². The van der Waals surface area contributed by atoms with Crippen molar-refractivity contribution in [3.05, 3.63) is 54.1 Å². The third-order valence-electron chi connectivity index (χ3n) is 2.23. The molecular formula is C12H9N3O3. The molecule has 0 radical (unpaired) electrons. The van der Waals surface area contributed by atoms with E-state index in [4.69, 9.17) is 5.11 Å². The molecule has 0 bridgehead atoms. The number of carboxylic acids is 1. The van der Waals surface area contributed by atoms with Gasteiger partial charge in [-0.2, -0.15) is 0 Å². The third kappa shape index (κ3) is 2.49. The Bertz CT molecular complexity index is 584. The normalized spacial score (nSPS) is 9.78. The van der Waals surface area contributed by atoms with Gasteiger partial charge in [-0.25, -0.2) is 4.79 Å². The maximum Gasteiger partial charge on any atom is 0.336 e. The quantitative estimate of drug-likeness (QED) is 0.850. The SMILES string of the molecule is O=C(O)c1ccncc1C(=O)Nc1ccncc1. The van der Waals surface area contributed by atoms with Crippen LogP contribution in [-0.4, -0.2) is 27.0 Å². The van der Waals surface area contributed by atoms with Crippen LogP contribution in [0.5, 0.6) is 0 Å². The summed E-state index contributed by atoms with van der Waals surface area (Å²) in [4.78, 5) is 30.4. The highest BCUT2D eigenvalue weighted by Gasteiger charge is 2.16. The largest absolute Gasteiger partial charge is 0.478 e. The standard InChI is InChI=1S/C12H9N3O3/c16-11(15-8-1-4-13-5-2-8)10-7-14-6-3-9(10)12(17)18/h1-7H,(H,17,18)(H,13,15,16). The summed E-state index contributed by atoms with van der Waals surface area (Å²) < 4.78 is 0. The summed E-state index contributed by atoms with van der Waals surface area (Å²) in [5.41, 5.74) is 0.466. The lowest BCUT2D eigenvalue weighted by Crippen LogP contribution is -2.16. The van der Waals surface area contributed by atoms with Crippen LogP contribution in [0.1, 0.15) is 20.7 Å². The molecule has 0 fully saturated rings. The fourth-order valence-corrected chi connectivity index (χ4v) is 1.40. The predicted molar refractivity (Wildman–Crippen MR) is 63.4 cm³/mol. The van der Waals surface area contributed by atoms with E-state index in [-0.39, 0.29) is 11.1 Å². The number of carboxylic acid groups (broad SMARTS) is 1. The van der Waals surface area contributed by atoms with Crippen molar-refractivity contribution in [2.45, 2.75) is 0 Å². The molecule has 0 aromatic carbocycles. The van der Waals surface area contributed by atoms with Gasteiger partial charge >= 0.3 is 5.97 Å². The number of anilines is 1. The Balaban J connectivity index is 2.27. The van der Waals surface area contributed by atoms with Crippen LogP contribution in [0.3, 0.4) is 0 Å². The van der Waals surface area contributed by atoms with Gasteiger partial charge in [0.1, 0.15) is 0 Å². The number of hydrogen-bond donors (Lipinski definition) is 2. The van der Waals surface area contributed by atoms with Crippen LogP contribution in [0, 0.1) is 0 Å². The molecule has 2 N–H and O–H groups in total. The minimum atomic E-state index is -1.17. The summed E-state index contributed by atoms with van der Waals surface area (Å²) in [5.74, 6) is -1.69. The van der Waals surface area contributed by atoms with Crippen LogP contribution in [0.25, 0.3) is 0 Å². The van der Waals surface area contributed by atoms with E-state index in [2.05, 4.69) is 15.3 Å². The number of pyridine rings is 2. The molecule has 18 heavy (non-hydrogen) atoms. The number of aromatic carboxylic acids is 1. The molecule has 2 aromatic rings. The first kappa shape index (κ1) is 11.7. The summed E-state index contributed by atoms with van der Waals surface area (Å²) in [6.07, 6.45) is 5.60. The highest BCUT2D eigenvalue weighted by Crippen LogP contribution is 2.11. The first-order valence-electron chi connectivity index (χ1n) is 5.07. The van der Waals surface area contributed by atoms with E-state index >= 15 is 0 Å². The number of carbonyl (C=O) groups is 2. The van der Waals surface area contributed by atoms with Gasteiger partial charge in [-0.05, 0) is 18.2 Å². The van der Waals surface area contributed by atoms with Gasteiger partial charge in [0.2, 0.25) is 0 Å². The number of nitrogens with zero attached hydrogens (tertiary/aromatic N) is 2. The highest BCUT2D eigenvalue weighted by molar-refractivity contribution is 6.10. The Morgan fingerprint density at radius 3 is 2.33 bits per heavy atom. The van der Waals surface area contributed by atoms with Crippen LogP contribution < -0.4 is 5.32 Å². The monoisotopic (exact) mass is 243 g/mol. The minimum absolute atomic E-state index is 0.0156. The smallest absolute Gasteiger partial charge is 0.336 e. The van der Waals surface area contributed by atoms with Crippen molar-refractivity contribution in [3.8, 4) is 0 Å². The van der Waals surface area contributed by atoms with Crippen LogP contribution in [0.4, 0.5) is 5.69 Å². The van der Waals surface area contributed by atoms with Gasteiger partial charge in [-0.15, -0.1) is 0 Å². The molecule has 0 atom stereocenters. The van der Waals surface area contributed by atoms with Gasteiger partial charge in [0, 0.05) is 30.5 Å². The van der Waals surface area contributed by atoms with Crippen molar-refractivity contribution < 1.29 is 14.7 Å². The lowest BCUT2D eigenvalue weighted by molar-refractivity contribution is 0.0692. The molecule has 2 rings (SSSR count). The van der Waals surface area contributed by atoms with E-state index in [0.29, 0.717) is 5.69 Å². The second-order valence-electron chi connectivity index (χ2n) is 3.42. The fraction of sp³-hybridized carbons (Fsp3) is 0. The van der Waals surface area contributed by atoms with Crippen molar-refractivity contribution in [1.82, 2.24) is 9.97 Å². The van der Waals surface area contributed by atoms with Crippen molar-refractivity contribution >= 4 is 17.6 Å². The summed E-state index contributed by atoms with van der Waals surface area (Å²) in [6, 6.07) is 4.49. The Hall–Kier alpha value is -2.76. The second-order valence-corrected chi connectivity index (χ2v) is 3.42. The average Bonchev–Trinajstić information content (AvgIpc) is 2.40. The molecule has 0 spiro atoms. The van der Waals surface area contributed by atoms with E-state index in [1.54, 1.807) is 12.1 Å². The van der Waals surface area contributed by atoms with E-state index in [0.717, 1.165) is 0 Å². The molecule has 90 valence electrons. The van der Waals surface area contributed by atoms with Crippen LogP contribution in [0.15, 0.2) is 43.0 Å². The minimum Gasteiger partial charge on any atom is -0.478 e. The van der Waals surface area contributed by atoms with Gasteiger partial charge in [0.05, 0.1) is 11.1 Å². The third-order valence-corrected chi connectivity index (χ3v) is 2.23. The zero-order valence-corrected chi connectivity index (χ0v) is 9.20. The second kappa shape index (κ2) is 5.05. The number of amides is 1. The average molecular weight is 243 g/mol. The molecule has 0 saturated carbocycles. The van der Waals surface area contributed by atoms with E-state index in [9.17, 15) is 9.59 Å². The zero-order chi connectivity index (χ0) is 13.0. The molecule has 0 aliphatic heterocycles. The fourth-order valence-electron chi connectivity index (χ4n) is 1.40. The molecule has 6 nitrogen and oxygen atoms in total. The summed E-state index contributed by atoms with van der Waals surface area (Å²) in [6.45, 7) is 0. The Kier molecular flexibility index (Phi) is 3.29. The summed E-state index contributed by atoms with van der Waals surface area (Å²) >= 11 is 0. The van der Waals surface area contributed by atoms with Gasteiger partial charge in [0.25, 0.3) is 5.91 Å². The lowest BCUT2D eigenvalue weighted by atomic mass is 10.1. The number of rotatable bonds is 3. The van der Waals surface area contributed by atoms with E-state index in [1.807, 2.05) is 0 Å². The summed E-state index contributed by atoms with van der Waals surface area (Å²) in [5, 5.41) is 11.5. The number of aromatic nitrogens is 2. The molecule has 0 saturated heterocycles. The summed E-state index contributed by atoms with van der Waals surface area (Å²) in [7, 11) is 0. The Morgan fingerprint density at radius 2 is 1.67 bits per heavy atom. The molecule has 6 heteroatoms. The highest BCUT2D eigenvalue weighted by atomic mass is 16.4. The molecule has 0 aliphatic carbocycles. The zero-order valence-electron chi connectivity index (χ0n) is 9.20. The number of carbonyl (C=O) groups excluding carboxylic acids is 1. The molecule has 1 amide bonds. The van der Waals surface area contributed by atoms with Crippen molar-refractivity contribution in [3.63, 3.8) is 0 Å². The molecule has 2 heterocycles. The topological polar surface area (TPSA) is 92.2 Å². The van der Waals surface area contributed by atoms with Gasteiger partial charge in [-0.1, -0.05) is 0 Å². The van der Waals surface area contributed by atoms with Crippen LogP contribution in [-0.2, 0) is 0 Å². The van der Waals surface area contributed by atoms with Crippen LogP contribution in [0.2, 0.25) is 0 Å². The lowest BCUT2D eigenvalue weighted by Gasteiger charge is -2.06. The van der Waals surface area contributed by atoms with Gasteiger partial charge in [-0.3, -0.25) is 14.8 Å². The van der Waals surface area contributed by atoms with E-state index < -0.39 is 11.9 Å². The molecular weight excluding hydrogens is 234 g/mol. The molecule has 2 aromatic heterocycles. The maximum atomic E-state index is 11.9. The van der Waals surface area contributed by atoms with E-state index in [1.165, 1.54) is 30.9 Å². The molecule has 0 aliphatic rings.